The van der Waals surface area contributed by atoms with Gasteiger partial charge in [-0.15, -0.1) is 0 Å². The summed E-state index contributed by atoms with van der Waals surface area (Å²) in [5, 5.41) is 46.9. The number of amides is 1. The highest BCUT2D eigenvalue weighted by molar-refractivity contribution is 6.31. The average Bonchev–Trinajstić information content (AvgIpc) is 2.74. The second-order valence-electron chi connectivity index (χ2n) is 8.04. The molecule has 1 unspecified atom stereocenters. The van der Waals surface area contributed by atoms with E-state index in [0.29, 0.717) is 5.02 Å². The number of aliphatic carboxylic acids is 3. The first-order valence-electron chi connectivity index (χ1n) is 11.2. The van der Waals surface area contributed by atoms with E-state index < -0.39 is 36.4 Å². The molecule has 0 aliphatic heterocycles. The Labute approximate surface area is 209 Å². The minimum atomic E-state index is -2.74. The summed E-state index contributed by atoms with van der Waals surface area (Å²) < 4.78 is 0. The van der Waals surface area contributed by atoms with E-state index in [1.54, 1.807) is 6.07 Å². The Balaban J connectivity index is 0.000000761. The van der Waals surface area contributed by atoms with Crippen molar-refractivity contribution in [3.05, 3.63) is 28.8 Å². The SMILES string of the molecule is CCN(CC)CCCCC(C)NC(=O)c1cc(Cl)ccc1O.O=C(O)CC(O)(CC(=O)O)C(=O)O. The largest absolute Gasteiger partial charge is 0.507 e. The second kappa shape index (κ2) is 15.9. The molecule has 6 N–H and O–H groups in total. The number of rotatable bonds is 14. The van der Waals surface area contributed by atoms with E-state index in [9.17, 15) is 24.3 Å². The molecule has 0 bridgehead atoms. The predicted molar refractivity (Wildman–Crippen MR) is 129 cm³/mol. The van der Waals surface area contributed by atoms with Crippen LogP contribution in [0.1, 0.15) is 63.2 Å². The molecule has 0 fully saturated rings. The monoisotopic (exact) mass is 518 g/mol. The van der Waals surface area contributed by atoms with E-state index in [0.717, 1.165) is 38.9 Å². The summed E-state index contributed by atoms with van der Waals surface area (Å²) in [5.74, 6) is -5.35. The van der Waals surface area contributed by atoms with E-state index in [2.05, 4.69) is 24.1 Å². The zero-order chi connectivity index (χ0) is 27.2. The van der Waals surface area contributed by atoms with Crippen LogP contribution in [0.25, 0.3) is 0 Å². The van der Waals surface area contributed by atoms with Gasteiger partial charge in [0, 0.05) is 11.1 Å². The number of carboxylic acid groups (broad SMARTS) is 3. The maximum atomic E-state index is 12.1. The fourth-order valence-electron chi connectivity index (χ4n) is 3.10. The topological polar surface area (TPSA) is 185 Å². The van der Waals surface area contributed by atoms with Crippen molar-refractivity contribution < 1.29 is 44.7 Å². The number of halogens is 1. The Morgan fingerprint density at radius 1 is 1.03 bits per heavy atom. The molecule has 0 aromatic heterocycles. The number of phenols is 1. The van der Waals surface area contributed by atoms with Gasteiger partial charge in [0.05, 0.1) is 18.4 Å². The van der Waals surface area contributed by atoms with Crippen molar-refractivity contribution in [1.29, 1.82) is 0 Å². The first-order valence-corrected chi connectivity index (χ1v) is 11.5. The van der Waals surface area contributed by atoms with Gasteiger partial charge in [-0.1, -0.05) is 31.9 Å². The Morgan fingerprint density at radius 2 is 1.57 bits per heavy atom. The number of nitrogens with one attached hydrogen (secondary N) is 1. The van der Waals surface area contributed by atoms with Gasteiger partial charge < -0.3 is 35.7 Å². The zero-order valence-electron chi connectivity index (χ0n) is 20.2. The highest BCUT2D eigenvalue weighted by Crippen LogP contribution is 2.21. The molecule has 198 valence electrons. The van der Waals surface area contributed by atoms with E-state index >= 15 is 0 Å². The molecule has 0 aliphatic carbocycles. The van der Waals surface area contributed by atoms with Crippen LogP contribution in [0.3, 0.4) is 0 Å². The molecule has 1 rings (SSSR count). The third kappa shape index (κ3) is 13.0. The lowest BCUT2D eigenvalue weighted by Crippen LogP contribution is -2.42. The third-order valence-corrected chi connectivity index (χ3v) is 5.36. The Hall–Kier alpha value is -2.89. The van der Waals surface area contributed by atoms with Gasteiger partial charge in [0.2, 0.25) is 0 Å². The number of hydrogen-bond donors (Lipinski definition) is 6. The molecule has 1 aromatic carbocycles. The highest BCUT2D eigenvalue weighted by Gasteiger charge is 2.40. The second-order valence-corrected chi connectivity index (χ2v) is 8.47. The Morgan fingerprint density at radius 3 is 2.03 bits per heavy atom. The van der Waals surface area contributed by atoms with Crippen LogP contribution in [0, 0.1) is 0 Å². The number of hydrogen-bond acceptors (Lipinski definition) is 7. The molecular weight excluding hydrogens is 484 g/mol. The van der Waals surface area contributed by atoms with Gasteiger partial charge in [0.1, 0.15) is 5.75 Å². The molecule has 11 nitrogen and oxygen atoms in total. The van der Waals surface area contributed by atoms with Gasteiger partial charge in [-0.25, -0.2) is 4.79 Å². The minimum Gasteiger partial charge on any atom is -0.507 e. The number of nitrogens with zero attached hydrogens (tertiary/aromatic N) is 1. The van der Waals surface area contributed by atoms with Crippen molar-refractivity contribution in [3.63, 3.8) is 0 Å². The number of phenolic OH excluding ortho intramolecular Hbond substituents is 1. The van der Waals surface area contributed by atoms with Gasteiger partial charge in [0.25, 0.3) is 5.91 Å². The standard InChI is InChI=1S/C17H27ClN2O2.C6H8O7/c1-4-20(5-2)11-7-6-8-13(3)19-17(22)15-12-14(18)9-10-16(15)21;7-3(8)1-6(13,5(11)12)2-4(9)10/h9-10,12-13,21H,4-8,11H2,1-3H3,(H,19,22);13H,1-2H2,(H,7,8)(H,9,10)(H,11,12). The quantitative estimate of drug-likeness (QED) is 0.200. The Bertz CT molecular complexity index is 843. The van der Waals surface area contributed by atoms with E-state index in [-0.39, 0.29) is 23.3 Å². The van der Waals surface area contributed by atoms with Gasteiger partial charge in [0.15, 0.2) is 5.60 Å². The minimum absolute atomic E-state index is 0.0457. The fourth-order valence-corrected chi connectivity index (χ4v) is 3.28. The summed E-state index contributed by atoms with van der Waals surface area (Å²) in [6.07, 6.45) is 0.835. The van der Waals surface area contributed by atoms with Gasteiger partial charge >= 0.3 is 17.9 Å². The van der Waals surface area contributed by atoms with E-state index in [4.69, 9.17) is 32.0 Å². The van der Waals surface area contributed by atoms with Gasteiger partial charge in [-0.3, -0.25) is 14.4 Å². The average molecular weight is 519 g/mol. The van der Waals surface area contributed by atoms with Crippen molar-refractivity contribution in [3.8, 4) is 5.75 Å². The predicted octanol–water partition coefficient (Wildman–Crippen LogP) is 2.43. The highest BCUT2D eigenvalue weighted by atomic mass is 35.5. The molecule has 0 heterocycles. The molecule has 0 radical (unpaired) electrons. The first kappa shape index (κ1) is 32.1. The number of carboxylic acids is 3. The number of carbonyl (C=O) groups is 4. The van der Waals surface area contributed by atoms with Crippen LogP contribution in [-0.2, 0) is 14.4 Å². The van der Waals surface area contributed by atoms with Crippen molar-refractivity contribution in [2.75, 3.05) is 19.6 Å². The molecule has 0 aliphatic rings. The normalized spacial score (nSPS) is 11.8. The summed E-state index contributed by atoms with van der Waals surface area (Å²) in [4.78, 5) is 45.0. The lowest BCUT2D eigenvalue weighted by molar-refractivity contribution is -0.170. The maximum absolute atomic E-state index is 12.1. The fraction of sp³-hybridized carbons (Fsp3) is 0.565. The van der Waals surface area contributed by atoms with Crippen molar-refractivity contribution in [2.45, 2.75) is 64.5 Å². The zero-order valence-corrected chi connectivity index (χ0v) is 20.9. The molecule has 1 atom stereocenters. The van der Waals surface area contributed by atoms with Crippen molar-refractivity contribution in [1.82, 2.24) is 10.2 Å². The number of aliphatic hydroxyl groups is 1. The lowest BCUT2D eigenvalue weighted by atomic mass is 9.96. The van der Waals surface area contributed by atoms with Crippen LogP contribution >= 0.6 is 11.6 Å². The van der Waals surface area contributed by atoms with Gasteiger partial charge in [-0.05, 0) is 57.6 Å². The van der Waals surface area contributed by atoms with Crippen LogP contribution in [0.15, 0.2) is 18.2 Å². The number of benzene rings is 1. The first-order chi connectivity index (χ1) is 16.2. The van der Waals surface area contributed by atoms with Crippen LogP contribution in [0.5, 0.6) is 5.75 Å². The smallest absolute Gasteiger partial charge is 0.336 e. The third-order valence-electron chi connectivity index (χ3n) is 5.12. The van der Waals surface area contributed by atoms with Crippen LogP contribution < -0.4 is 5.32 Å². The van der Waals surface area contributed by atoms with Crippen LogP contribution in [-0.4, -0.2) is 85.5 Å². The summed E-state index contributed by atoms with van der Waals surface area (Å²) in [6.45, 7) is 9.58. The molecular formula is C23H35ClN2O9. The molecule has 0 saturated heterocycles. The molecule has 12 heteroatoms. The number of unbranched alkanes of at least 4 members (excludes halogenated alkanes) is 1. The van der Waals surface area contributed by atoms with E-state index in [1.165, 1.54) is 12.1 Å². The summed E-state index contributed by atoms with van der Waals surface area (Å²) >= 11 is 5.86. The number of carbonyl (C=O) groups excluding carboxylic acids is 1. The van der Waals surface area contributed by atoms with Crippen molar-refractivity contribution in [2.24, 2.45) is 0 Å². The van der Waals surface area contributed by atoms with Crippen LogP contribution in [0.2, 0.25) is 5.02 Å². The molecule has 1 amide bonds. The number of aromatic hydroxyl groups is 1. The van der Waals surface area contributed by atoms with Crippen LogP contribution in [0.4, 0.5) is 0 Å². The molecule has 35 heavy (non-hydrogen) atoms. The molecule has 0 saturated carbocycles. The molecule has 1 aromatic rings. The van der Waals surface area contributed by atoms with Gasteiger partial charge in [-0.2, -0.15) is 0 Å². The summed E-state index contributed by atoms with van der Waals surface area (Å²) in [5.41, 5.74) is -2.51. The summed E-state index contributed by atoms with van der Waals surface area (Å²) in [6, 6.07) is 4.55. The Kier molecular flexibility index (Phi) is 14.6. The van der Waals surface area contributed by atoms with E-state index in [1.807, 2.05) is 6.92 Å². The maximum Gasteiger partial charge on any atom is 0.336 e. The lowest BCUT2D eigenvalue weighted by Gasteiger charge is -2.19. The molecule has 0 spiro atoms. The summed E-state index contributed by atoms with van der Waals surface area (Å²) in [7, 11) is 0. The van der Waals surface area contributed by atoms with Crippen molar-refractivity contribution >= 4 is 35.4 Å².